The quantitative estimate of drug-likeness (QED) is 0.740. The number of nitrogens with one attached hydrogen (secondary N) is 1. The van der Waals surface area contributed by atoms with Crippen LogP contribution in [0.15, 0.2) is 18.2 Å². The van der Waals surface area contributed by atoms with Gasteiger partial charge in [-0.05, 0) is 50.3 Å². The van der Waals surface area contributed by atoms with Crippen LogP contribution in [0.1, 0.15) is 62.2 Å². The molecule has 1 N–H and O–H groups in total. The molecule has 22 heavy (non-hydrogen) atoms. The smallest absolute Gasteiger partial charge is 0.170 e. The van der Waals surface area contributed by atoms with Crippen LogP contribution >= 0.6 is 23.2 Å². The Labute approximate surface area is 142 Å². The molecule has 0 aliphatic carbocycles. The predicted octanol–water partition coefficient (Wildman–Crippen LogP) is 5.27. The number of benzene rings is 1. The zero-order valence-electron chi connectivity index (χ0n) is 13.0. The highest BCUT2D eigenvalue weighted by atomic mass is 35.5. The van der Waals surface area contributed by atoms with Gasteiger partial charge in [-0.2, -0.15) is 0 Å². The van der Waals surface area contributed by atoms with E-state index in [9.17, 15) is 4.79 Å². The van der Waals surface area contributed by atoms with E-state index in [1.807, 2.05) is 6.07 Å². The molecule has 3 atom stereocenters. The fourth-order valence-electron chi connectivity index (χ4n) is 4.19. The van der Waals surface area contributed by atoms with Crippen molar-refractivity contribution in [2.75, 3.05) is 0 Å². The van der Waals surface area contributed by atoms with E-state index >= 15 is 0 Å². The van der Waals surface area contributed by atoms with Crippen LogP contribution in [-0.2, 0) is 0 Å². The molecule has 1 aromatic rings. The molecule has 3 rings (SSSR count). The Balaban J connectivity index is 1.94. The SMILES string of the molecule is CCCC[C@]1(C(=O)c2ccc(Cl)c(Cl)c2)CC[C@@H]2CC[C@H]1N2. The Morgan fingerprint density at radius 3 is 2.82 bits per heavy atom. The highest BCUT2D eigenvalue weighted by Crippen LogP contribution is 2.46. The van der Waals surface area contributed by atoms with Gasteiger partial charge in [0.05, 0.1) is 10.0 Å². The summed E-state index contributed by atoms with van der Waals surface area (Å²) >= 11 is 12.1. The summed E-state index contributed by atoms with van der Waals surface area (Å²) in [6.45, 7) is 2.19. The summed E-state index contributed by atoms with van der Waals surface area (Å²) in [5.41, 5.74) is 0.442. The van der Waals surface area contributed by atoms with Crippen molar-refractivity contribution in [1.82, 2.24) is 5.32 Å². The minimum absolute atomic E-state index is 0.248. The molecule has 2 aliphatic heterocycles. The van der Waals surface area contributed by atoms with Gasteiger partial charge in [-0.25, -0.2) is 0 Å². The standard InChI is InChI=1S/C18H23Cl2NO/c1-2-3-9-18(10-8-13-5-7-16(18)21-13)17(22)12-4-6-14(19)15(20)11-12/h4,6,11,13,16,21H,2-3,5,7-10H2,1H3/t13-,16+,18-/m0/s1. The van der Waals surface area contributed by atoms with Crippen molar-refractivity contribution in [3.63, 3.8) is 0 Å². The number of carbonyl (C=O) groups is 1. The predicted molar refractivity (Wildman–Crippen MR) is 91.9 cm³/mol. The molecule has 120 valence electrons. The normalized spacial score (nSPS) is 30.5. The second-order valence-electron chi connectivity index (χ2n) is 6.75. The number of piperidine rings is 1. The van der Waals surface area contributed by atoms with Crippen molar-refractivity contribution < 1.29 is 4.79 Å². The first-order valence-electron chi connectivity index (χ1n) is 8.33. The van der Waals surface area contributed by atoms with Gasteiger partial charge in [0.2, 0.25) is 0 Å². The number of rotatable bonds is 5. The average molecular weight is 340 g/mol. The second-order valence-corrected chi connectivity index (χ2v) is 7.56. The lowest BCUT2D eigenvalue weighted by Gasteiger charge is -2.42. The molecule has 0 aromatic heterocycles. The van der Waals surface area contributed by atoms with Crippen LogP contribution in [-0.4, -0.2) is 17.9 Å². The molecule has 0 amide bonds. The maximum absolute atomic E-state index is 13.3. The first-order chi connectivity index (χ1) is 10.6. The molecular weight excluding hydrogens is 317 g/mol. The Hall–Kier alpha value is -0.570. The molecule has 0 spiro atoms. The van der Waals surface area contributed by atoms with Gasteiger partial charge in [0.15, 0.2) is 5.78 Å². The van der Waals surface area contributed by atoms with Crippen LogP contribution in [0.5, 0.6) is 0 Å². The molecule has 2 heterocycles. The summed E-state index contributed by atoms with van der Waals surface area (Å²) < 4.78 is 0. The number of carbonyl (C=O) groups excluding carboxylic acids is 1. The fourth-order valence-corrected chi connectivity index (χ4v) is 4.49. The zero-order chi connectivity index (χ0) is 15.7. The second kappa shape index (κ2) is 6.51. The molecule has 4 heteroatoms. The number of unbranched alkanes of at least 4 members (excludes halogenated alkanes) is 1. The minimum atomic E-state index is -0.264. The van der Waals surface area contributed by atoms with Gasteiger partial charge in [0.1, 0.15) is 0 Å². The van der Waals surface area contributed by atoms with Crippen LogP contribution in [0, 0.1) is 5.41 Å². The van der Waals surface area contributed by atoms with Crippen LogP contribution in [0.2, 0.25) is 10.0 Å². The van der Waals surface area contributed by atoms with Crippen molar-refractivity contribution >= 4 is 29.0 Å². The van der Waals surface area contributed by atoms with Gasteiger partial charge in [-0.3, -0.25) is 4.79 Å². The average Bonchev–Trinajstić information content (AvgIpc) is 2.93. The third-order valence-corrected chi connectivity index (χ3v) is 6.20. The van der Waals surface area contributed by atoms with E-state index in [1.165, 1.54) is 6.42 Å². The van der Waals surface area contributed by atoms with Gasteiger partial charge in [0.25, 0.3) is 0 Å². The van der Waals surface area contributed by atoms with Crippen molar-refractivity contribution in [2.24, 2.45) is 5.41 Å². The van der Waals surface area contributed by atoms with Crippen LogP contribution in [0.3, 0.4) is 0 Å². The molecular formula is C18H23Cl2NO. The number of hydrogen-bond acceptors (Lipinski definition) is 2. The highest BCUT2D eigenvalue weighted by Gasteiger charge is 2.50. The van der Waals surface area contributed by atoms with Gasteiger partial charge >= 0.3 is 0 Å². The van der Waals surface area contributed by atoms with Crippen LogP contribution in [0.4, 0.5) is 0 Å². The molecule has 0 saturated carbocycles. The van der Waals surface area contributed by atoms with E-state index in [4.69, 9.17) is 23.2 Å². The van der Waals surface area contributed by atoms with Gasteiger partial charge in [0, 0.05) is 23.1 Å². The summed E-state index contributed by atoms with van der Waals surface area (Å²) in [5, 5.41) is 4.65. The number of fused-ring (bicyclic) bond motifs is 2. The lowest BCUT2D eigenvalue weighted by atomic mass is 9.66. The molecule has 2 nitrogen and oxygen atoms in total. The third kappa shape index (κ3) is 2.81. The molecule has 0 radical (unpaired) electrons. The van der Waals surface area contributed by atoms with Crippen molar-refractivity contribution in [1.29, 1.82) is 0 Å². The number of ketones is 1. The van der Waals surface area contributed by atoms with Gasteiger partial charge in [-0.15, -0.1) is 0 Å². The van der Waals surface area contributed by atoms with E-state index in [1.54, 1.807) is 12.1 Å². The Morgan fingerprint density at radius 2 is 2.09 bits per heavy atom. The molecule has 2 saturated heterocycles. The summed E-state index contributed by atoms with van der Waals surface area (Å²) in [4.78, 5) is 13.3. The maximum Gasteiger partial charge on any atom is 0.170 e. The number of hydrogen-bond donors (Lipinski definition) is 1. The lowest BCUT2D eigenvalue weighted by Crippen LogP contribution is -2.53. The third-order valence-electron chi connectivity index (χ3n) is 5.46. The molecule has 0 unspecified atom stereocenters. The largest absolute Gasteiger partial charge is 0.310 e. The van der Waals surface area contributed by atoms with E-state index < -0.39 is 0 Å². The fraction of sp³-hybridized carbons (Fsp3) is 0.611. The molecule has 1 aromatic carbocycles. The molecule has 2 fully saturated rings. The highest BCUT2D eigenvalue weighted by molar-refractivity contribution is 6.42. The van der Waals surface area contributed by atoms with E-state index in [2.05, 4.69) is 12.2 Å². The van der Waals surface area contributed by atoms with Gasteiger partial charge in [-0.1, -0.05) is 43.0 Å². The lowest BCUT2D eigenvalue weighted by molar-refractivity contribution is 0.0612. The first-order valence-corrected chi connectivity index (χ1v) is 9.08. The maximum atomic E-state index is 13.3. The summed E-state index contributed by atoms with van der Waals surface area (Å²) in [6, 6.07) is 6.23. The summed E-state index contributed by atoms with van der Waals surface area (Å²) in [7, 11) is 0. The van der Waals surface area contributed by atoms with E-state index in [0.29, 0.717) is 27.7 Å². The Kier molecular flexibility index (Phi) is 4.82. The van der Waals surface area contributed by atoms with Gasteiger partial charge < -0.3 is 5.32 Å². The zero-order valence-corrected chi connectivity index (χ0v) is 14.5. The summed E-state index contributed by atoms with van der Waals surface area (Å²) in [5.74, 6) is 0.248. The van der Waals surface area contributed by atoms with E-state index in [0.717, 1.165) is 38.5 Å². The van der Waals surface area contributed by atoms with Crippen LogP contribution < -0.4 is 5.32 Å². The minimum Gasteiger partial charge on any atom is -0.310 e. The van der Waals surface area contributed by atoms with Crippen molar-refractivity contribution in [3.05, 3.63) is 33.8 Å². The topological polar surface area (TPSA) is 29.1 Å². The monoisotopic (exact) mass is 339 g/mol. The summed E-state index contributed by atoms with van der Waals surface area (Å²) in [6.07, 6.45) is 7.59. The van der Waals surface area contributed by atoms with Crippen molar-refractivity contribution in [3.8, 4) is 0 Å². The van der Waals surface area contributed by atoms with Crippen molar-refractivity contribution in [2.45, 2.75) is 64.0 Å². The van der Waals surface area contributed by atoms with Crippen LogP contribution in [0.25, 0.3) is 0 Å². The Morgan fingerprint density at radius 1 is 1.27 bits per heavy atom. The first kappa shape index (κ1) is 16.3. The number of halogens is 2. The van der Waals surface area contributed by atoms with E-state index in [-0.39, 0.29) is 11.2 Å². The molecule has 2 bridgehead atoms. The number of Topliss-reactive ketones (excluding diaryl/α,β-unsaturated/α-hetero) is 1. The Bertz CT molecular complexity index is 574. The molecule has 2 aliphatic rings.